The zero-order valence-electron chi connectivity index (χ0n) is 21.3. The normalized spacial score (nSPS) is 11.5. The highest BCUT2D eigenvalue weighted by Crippen LogP contribution is 2.26. The number of esters is 1. The molecule has 0 bridgehead atoms. The topological polar surface area (TPSA) is 108 Å². The number of hydrazine groups is 1. The van der Waals surface area contributed by atoms with Crippen LogP contribution in [0.4, 0.5) is 4.79 Å². The van der Waals surface area contributed by atoms with E-state index in [0.29, 0.717) is 5.56 Å². The number of nitrogens with one attached hydrogen (secondary N) is 1. The zero-order valence-corrected chi connectivity index (χ0v) is 21.3. The number of amides is 1. The molecule has 4 rings (SSSR count). The van der Waals surface area contributed by atoms with Gasteiger partial charge in [0.25, 0.3) is 0 Å². The molecule has 0 aromatic heterocycles. The first kappa shape index (κ1) is 27.2. The molecule has 4 aromatic rings. The number of rotatable bonds is 11. The lowest BCUT2D eigenvalue weighted by Gasteiger charge is -2.30. The van der Waals surface area contributed by atoms with Gasteiger partial charge in [-0.2, -0.15) is 5.01 Å². The smallest absolute Gasteiger partial charge is 0.422 e. The number of phenols is 2. The lowest BCUT2D eigenvalue weighted by Crippen LogP contribution is -2.52. The molecule has 0 aliphatic heterocycles. The SMILES string of the molecule is O=C(NN(Cc1ccccc1)[C@@H](Cc1ccc(O)c(O)c1)C(=O)OCc1ccccc1)OCc1ccccc1. The second kappa shape index (κ2) is 13.6. The van der Waals surface area contributed by atoms with E-state index in [-0.39, 0.29) is 37.7 Å². The summed E-state index contributed by atoms with van der Waals surface area (Å²) in [7, 11) is 0. The number of nitrogens with zero attached hydrogens (tertiary/aromatic N) is 1. The number of benzene rings is 4. The Kier molecular flexibility index (Phi) is 9.52. The maximum Gasteiger partial charge on any atom is 0.422 e. The van der Waals surface area contributed by atoms with Gasteiger partial charge in [-0.1, -0.05) is 97.1 Å². The lowest BCUT2D eigenvalue weighted by molar-refractivity contribution is -0.153. The summed E-state index contributed by atoms with van der Waals surface area (Å²) in [4.78, 5) is 26.4. The van der Waals surface area contributed by atoms with Crippen LogP contribution in [0.2, 0.25) is 0 Å². The monoisotopic (exact) mass is 526 g/mol. The van der Waals surface area contributed by atoms with E-state index in [1.807, 2.05) is 91.0 Å². The average Bonchev–Trinajstić information content (AvgIpc) is 2.97. The fraction of sp³-hybridized carbons (Fsp3) is 0.161. The van der Waals surface area contributed by atoms with Crippen molar-refractivity contribution in [2.45, 2.75) is 32.2 Å². The van der Waals surface area contributed by atoms with Gasteiger partial charge < -0.3 is 19.7 Å². The van der Waals surface area contributed by atoms with Crippen LogP contribution in [0.15, 0.2) is 109 Å². The van der Waals surface area contributed by atoms with Crippen LogP contribution in [0.25, 0.3) is 0 Å². The van der Waals surface area contributed by atoms with Gasteiger partial charge in [-0.15, -0.1) is 0 Å². The summed E-state index contributed by atoms with van der Waals surface area (Å²) in [5.74, 6) is -1.16. The first-order chi connectivity index (χ1) is 19.0. The third-order valence-corrected chi connectivity index (χ3v) is 5.98. The predicted octanol–water partition coefficient (Wildman–Crippen LogP) is 5.10. The molecule has 0 radical (unpaired) electrons. The molecule has 0 fully saturated rings. The second-order valence-electron chi connectivity index (χ2n) is 8.92. The first-order valence-corrected chi connectivity index (χ1v) is 12.5. The van der Waals surface area contributed by atoms with Crippen molar-refractivity contribution in [1.82, 2.24) is 10.4 Å². The molecule has 4 aromatic carbocycles. The molecule has 39 heavy (non-hydrogen) atoms. The number of carbonyl (C=O) groups is 2. The third kappa shape index (κ3) is 8.34. The van der Waals surface area contributed by atoms with Crippen LogP contribution in [-0.2, 0) is 40.4 Å². The Morgan fingerprint density at radius 1 is 0.667 bits per heavy atom. The van der Waals surface area contributed by atoms with Crippen molar-refractivity contribution < 1.29 is 29.3 Å². The van der Waals surface area contributed by atoms with E-state index >= 15 is 0 Å². The summed E-state index contributed by atoms with van der Waals surface area (Å²) < 4.78 is 11.1. The molecule has 3 N–H and O–H groups in total. The van der Waals surface area contributed by atoms with E-state index in [1.165, 1.54) is 17.1 Å². The Morgan fingerprint density at radius 2 is 1.21 bits per heavy atom. The molecule has 0 heterocycles. The van der Waals surface area contributed by atoms with Crippen molar-refractivity contribution in [3.8, 4) is 11.5 Å². The van der Waals surface area contributed by atoms with Crippen molar-refractivity contribution in [3.05, 3.63) is 131 Å². The highest BCUT2D eigenvalue weighted by atomic mass is 16.6. The molecule has 0 aliphatic carbocycles. The molecule has 1 atom stereocenters. The van der Waals surface area contributed by atoms with Crippen molar-refractivity contribution in [2.75, 3.05) is 0 Å². The number of carbonyl (C=O) groups excluding carboxylic acids is 2. The average molecular weight is 527 g/mol. The van der Waals surface area contributed by atoms with Crippen molar-refractivity contribution in [3.63, 3.8) is 0 Å². The minimum atomic E-state index is -0.984. The Morgan fingerprint density at radius 3 is 1.77 bits per heavy atom. The summed E-state index contributed by atoms with van der Waals surface area (Å²) in [5, 5.41) is 21.3. The molecule has 0 aliphatic rings. The molecule has 200 valence electrons. The minimum absolute atomic E-state index is 0.0502. The Balaban J connectivity index is 1.58. The maximum atomic E-state index is 13.5. The highest BCUT2D eigenvalue weighted by Gasteiger charge is 2.30. The molecule has 0 unspecified atom stereocenters. The number of phenolic OH excluding ortho intramolecular Hbond substituents is 2. The molecule has 0 saturated carbocycles. The van der Waals surface area contributed by atoms with E-state index < -0.39 is 18.1 Å². The van der Waals surface area contributed by atoms with Crippen LogP contribution in [0.1, 0.15) is 22.3 Å². The molecule has 0 saturated heterocycles. The van der Waals surface area contributed by atoms with Gasteiger partial charge in [-0.25, -0.2) is 4.79 Å². The molecule has 1 amide bonds. The summed E-state index contributed by atoms with van der Waals surface area (Å²) in [6, 6.07) is 31.2. The van der Waals surface area contributed by atoms with Gasteiger partial charge in [0.1, 0.15) is 19.3 Å². The molecular formula is C31H30N2O6. The van der Waals surface area contributed by atoms with Crippen LogP contribution in [0.3, 0.4) is 0 Å². The van der Waals surface area contributed by atoms with E-state index in [9.17, 15) is 19.8 Å². The largest absolute Gasteiger partial charge is 0.504 e. The number of hydrogen-bond acceptors (Lipinski definition) is 7. The first-order valence-electron chi connectivity index (χ1n) is 12.5. The fourth-order valence-corrected chi connectivity index (χ4v) is 3.95. The van der Waals surface area contributed by atoms with Gasteiger partial charge in [0.15, 0.2) is 11.5 Å². The third-order valence-electron chi connectivity index (χ3n) is 5.98. The number of aromatic hydroxyl groups is 2. The highest BCUT2D eigenvalue weighted by molar-refractivity contribution is 5.77. The molecule has 8 nitrogen and oxygen atoms in total. The van der Waals surface area contributed by atoms with Gasteiger partial charge in [0.2, 0.25) is 0 Å². The summed E-state index contributed by atoms with van der Waals surface area (Å²) in [5.41, 5.74) is 5.76. The summed E-state index contributed by atoms with van der Waals surface area (Å²) >= 11 is 0. The Hall–Kier alpha value is -4.82. The van der Waals surface area contributed by atoms with E-state index in [0.717, 1.165) is 16.7 Å². The summed E-state index contributed by atoms with van der Waals surface area (Å²) in [6.07, 6.45) is -0.656. The van der Waals surface area contributed by atoms with Crippen LogP contribution in [0.5, 0.6) is 11.5 Å². The quantitative estimate of drug-likeness (QED) is 0.142. The van der Waals surface area contributed by atoms with Crippen molar-refractivity contribution >= 4 is 12.1 Å². The van der Waals surface area contributed by atoms with Crippen LogP contribution in [-0.4, -0.2) is 33.3 Å². The Labute approximate surface area is 227 Å². The fourth-order valence-electron chi connectivity index (χ4n) is 3.95. The maximum absolute atomic E-state index is 13.5. The van der Waals surface area contributed by atoms with Gasteiger partial charge in [0.05, 0.1) is 0 Å². The molecular weight excluding hydrogens is 496 g/mol. The zero-order chi connectivity index (χ0) is 27.5. The van der Waals surface area contributed by atoms with Gasteiger partial charge in [-0.3, -0.25) is 10.2 Å². The standard InChI is InChI=1S/C31H30N2O6/c34-28-17-16-26(19-29(28)35)18-27(30(36)38-21-24-12-6-2-7-13-24)33(20-23-10-4-1-5-11-23)32-31(37)39-22-25-14-8-3-9-15-25/h1-17,19,27,34-35H,18,20-22H2,(H,32,37)/t27-/m0/s1. The Bertz CT molecular complexity index is 1350. The minimum Gasteiger partial charge on any atom is -0.504 e. The van der Waals surface area contributed by atoms with Crippen molar-refractivity contribution in [2.24, 2.45) is 0 Å². The predicted molar refractivity (Wildman–Crippen MR) is 145 cm³/mol. The van der Waals surface area contributed by atoms with Gasteiger partial charge in [-0.05, 0) is 34.4 Å². The molecule has 8 heteroatoms. The molecule has 0 spiro atoms. The van der Waals surface area contributed by atoms with Crippen LogP contribution >= 0.6 is 0 Å². The van der Waals surface area contributed by atoms with Gasteiger partial charge >= 0.3 is 12.1 Å². The van der Waals surface area contributed by atoms with Gasteiger partial charge in [0, 0.05) is 13.0 Å². The number of ether oxygens (including phenoxy) is 2. The van der Waals surface area contributed by atoms with E-state index in [2.05, 4.69) is 5.43 Å². The summed E-state index contributed by atoms with van der Waals surface area (Å²) in [6.45, 7) is 0.284. The lowest BCUT2D eigenvalue weighted by atomic mass is 10.0. The van der Waals surface area contributed by atoms with E-state index in [1.54, 1.807) is 6.07 Å². The van der Waals surface area contributed by atoms with Crippen molar-refractivity contribution in [1.29, 1.82) is 0 Å². The second-order valence-corrected chi connectivity index (χ2v) is 8.92. The van der Waals surface area contributed by atoms with E-state index in [4.69, 9.17) is 9.47 Å². The van der Waals surface area contributed by atoms with Crippen LogP contribution < -0.4 is 5.43 Å². The number of hydrogen-bond donors (Lipinski definition) is 3. The van der Waals surface area contributed by atoms with Crippen LogP contribution in [0, 0.1) is 0 Å².